The summed E-state index contributed by atoms with van der Waals surface area (Å²) in [4.78, 5) is 4.66. The molecule has 0 saturated heterocycles. The average molecular weight is 278 g/mol. The van der Waals surface area contributed by atoms with E-state index in [1.54, 1.807) is 11.3 Å². The van der Waals surface area contributed by atoms with E-state index in [0.717, 1.165) is 30.7 Å². The van der Waals surface area contributed by atoms with Crippen LogP contribution < -0.4 is 5.32 Å². The highest BCUT2D eigenvalue weighted by atomic mass is 32.1. The molecule has 0 spiro atoms. The SMILES string of the molecule is CCCNC(Cc1csc(C)n1)C1C2CCCCC21. The Morgan fingerprint density at radius 1 is 1.37 bits per heavy atom. The monoisotopic (exact) mass is 278 g/mol. The zero-order chi connectivity index (χ0) is 13.2. The number of nitrogens with zero attached hydrogens (tertiary/aromatic N) is 1. The Labute approximate surface area is 121 Å². The zero-order valence-corrected chi connectivity index (χ0v) is 13.0. The van der Waals surface area contributed by atoms with Crippen LogP contribution in [-0.4, -0.2) is 17.6 Å². The average Bonchev–Trinajstić information content (AvgIpc) is 3.01. The van der Waals surface area contributed by atoms with Crippen molar-refractivity contribution < 1.29 is 0 Å². The number of rotatable bonds is 6. The third-order valence-corrected chi connectivity index (χ3v) is 5.76. The lowest BCUT2D eigenvalue weighted by Gasteiger charge is -2.18. The Hall–Kier alpha value is -0.410. The number of aryl methyl sites for hydroxylation is 1. The minimum absolute atomic E-state index is 0.676. The molecule has 2 aliphatic carbocycles. The largest absolute Gasteiger partial charge is 0.313 e. The van der Waals surface area contributed by atoms with Gasteiger partial charge in [-0.2, -0.15) is 0 Å². The maximum atomic E-state index is 4.66. The standard InChI is InChI=1S/C16H26N2S/c1-3-8-17-15(9-12-10-19-11(2)18-12)16-13-6-4-5-7-14(13)16/h10,13-17H,3-9H2,1-2H3. The Bertz CT molecular complexity index is 403. The smallest absolute Gasteiger partial charge is 0.0897 e. The van der Waals surface area contributed by atoms with Crippen molar-refractivity contribution in [2.24, 2.45) is 17.8 Å². The molecule has 1 aromatic heterocycles. The summed E-state index contributed by atoms with van der Waals surface area (Å²) in [6.45, 7) is 5.53. The van der Waals surface area contributed by atoms with Gasteiger partial charge in [0.25, 0.3) is 0 Å². The first kappa shape index (κ1) is 13.6. The van der Waals surface area contributed by atoms with Crippen LogP contribution in [0.25, 0.3) is 0 Å². The van der Waals surface area contributed by atoms with Crippen molar-refractivity contribution in [1.29, 1.82) is 0 Å². The molecule has 2 aliphatic rings. The van der Waals surface area contributed by atoms with Gasteiger partial charge in [-0.3, -0.25) is 0 Å². The molecule has 3 rings (SSSR count). The number of nitrogens with one attached hydrogen (secondary N) is 1. The molecule has 1 aromatic rings. The zero-order valence-electron chi connectivity index (χ0n) is 12.2. The van der Waals surface area contributed by atoms with Crippen LogP contribution in [0.5, 0.6) is 0 Å². The van der Waals surface area contributed by atoms with E-state index in [0.29, 0.717) is 6.04 Å². The highest BCUT2D eigenvalue weighted by Crippen LogP contribution is 2.57. The first-order valence-corrected chi connectivity index (χ1v) is 8.82. The summed E-state index contributed by atoms with van der Waals surface area (Å²) in [5, 5.41) is 7.27. The van der Waals surface area contributed by atoms with Crippen LogP contribution in [0.3, 0.4) is 0 Å². The fourth-order valence-corrected chi connectivity index (χ4v) is 4.67. The summed E-state index contributed by atoms with van der Waals surface area (Å²) in [7, 11) is 0. The molecule has 3 heteroatoms. The molecule has 3 atom stereocenters. The molecule has 19 heavy (non-hydrogen) atoms. The van der Waals surface area contributed by atoms with Crippen LogP contribution >= 0.6 is 11.3 Å². The van der Waals surface area contributed by atoms with E-state index >= 15 is 0 Å². The van der Waals surface area contributed by atoms with Gasteiger partial charge in [-0.25, -0.2) is 4.98 Å². The van der Waals surface area contributed by atoms with Gasteiger partial charge in [-0.15, -0.1) is 11.3 Å². The summed E-state index contributed by atoms with van der Waals surface area (Å²) < 4.78 is 0. The van der Waals surface area contributed by atoms with Gasteiger partial charge in [0, 0.05) is 17.8 Å². The topological polar surface area (TPSA) is 24.9 Å². The number of hydrogen-bond donors (Lipinski definition) is 1. The lowest BCUT2D eigenvalue weighted by Crippen LogP contribution is -2.35. The molecule has 1 N–H and O–H groups in total. The molecule has 0 radical (unpaired) electrons. The minimum Gasteiger partial charge on any atom is -0.313 e. The fraction of sp³-hybridized carbons (Fsp3) is 0.812. The molecular formula is C16H26N2S. The lowest BCUT2D eigenvalue weighted by atomic mass is 10.0. The second-order valence-corrected chi connectivity index (χ2v) is 7.37. The van der Waals surface area contributed by atoms with E-state index in [1.165, 1.54) is 42.8 Å². The van der Waals surface area contributed by atoms with E-state index < -0.39 is 0 Å². The van der Waals surface area contributed by atoms with Gasteiger partial charge in [0.2, 0.25) is 0 Å². The lowest BCUT2D eigenvalue weighted by molar-refractivity contribution is 0.425. The summed E-state index contributed by atoms with van der Waals surface area (Å²) in [5.41, 5.74) is 1.31. The maximum Gasteiger partial charge on any atom is 0.0897 e. The van der Waals surface area contributed by atoms with Crippen molar-refractivity contribution in [2.75, 3.05) is 6.54 Å². The van der Waals surface area contributed by atoms with E-state index in [1.807, 2.05) is 0 Å². The third-order valence-electron chi connectivity index (χ3n) is 4.94. The molecule has 0 aromatic carbocycles. The maximum absolute atomic E-state index is 4.66. The summed E-state index contributed by atoms with van der Waals surface area (Å²) in [6.07, 6.45) is 8.27. The Balaban J connectivity index is 1.64. The first-order valence-electron chi connectivity index (χ1n) is 7.94. The van der Waals surface area contributed by atoms with Crippen LogP contribution in [0, 0.1) is 24.7 Å². The number of thiazole rings is 1. The first-order chi connectivity index (χ1) is 9.29. The second kappa shape index (κ2) is 5.92. The molecule has 3 unspecified atom stereocenters. The molecule has 0 amide bonds. The van der Waals surface area contributed by atoms with Gasteiger partial charge >= 0.3 is 0 Å². The minimum atomic E-state index is 0.676. The van der Waals surface area contributed by atoms with E-state index in [4.69, 9.17) is 0 Å². The van der Waals surface area contributed by atoms with Gasteiger partial charge < -0.3 is 5.32 Å². The van der Waals surface area contributed by atoms with Gasteiger partial charge in [0.05, 0.1) is 10.7 Å². The van der Waals surface area contributed by atoms with Crippen molar-refractivity contribution in [3.05, 3.63) is 16.1 Å². The highest BCUT2D eigenvalue weighted by molar-refractivity contribution is 7.09. The molecule has 1 heterocycles. The molecule has 0 aliphatic heterocycles. The van der Waals surface area contributed by atoms with Crippen LogP contribution in [0.4, 0.5) is 0 Å². The molecule has 0 bridgehead atoms. The second-order valence-electron chi connectivity index (χ2n) is 6.31. The predicted octanol–water partition coefficient (Wildman–Crippen LogP) is 3.80. The summed E-state index contributed by atoms with van der Waals surface area (Å²) in [6, 6.07) is 0.676. The predicted molar refractivity (Wildman–Crippen MR) is 81.6 cm³/mol. The molecule has 2 saturated carbocycles. The Kier molecular flexibility index (Phi) is 4.23. The van der Waals surface area contributed by atoms with E-state index in [-0.39, 0.29) is 0 Å². The molecule has 2 fully saturated rings. The third kappa shape index (κ3) is 3.03. The Morgan fingerprint density at radius 3 is 2.68 bits per heavy atom. The van der Waals surface area contributed by atoms with Gasteiger partial charge in [0.1, 0.15) is 0 Å². The van der Waals surface area contributed by atoms with Gasteiger partial charge in [-0.1, -0.05) is 19.8 Å². The van der Waals surface area contributed by atoms with Crippen LogP contribution in [-0.2, 0) is 6.42 Å². The normalized spacial score (nSPS) is 30.9. The molecule has 106 valence electrons. The van der Waals surface area contributed by atoms with Gasteiger partial charge in [-0.05, 0) is 50.5 Å². The van der Waals surface area contributed by atoms with Crippen molar-refractivity contribution in [2.45, 2.75) is 58.4 Å². The Morgan fingerprint density at radius 2 is 2.11 bits per heavy atom. The molecule has 2 nitrogen and oxygen atoms in total. The number of fused-ring (bicyclic) bond motifs is 1. The molecular weight excluding hydrogens is 252 g/mol. The number of hydrogen-bond acceptors (Lipinski definition) is 3. The van der Waals surface area contributed by atoms with Gasteiger partial charge in [0.15, 0.2) is 0 Å². The van der Waals surface area contributed by atoms with Crippen molar-refractivity contribution in [3.63, 3.8) is 0 Å². The van der Waals surface area contributed by atoms with Crippen LogP contribution in [0.1, 0.15) is 49.7 Å². The van der Waals surface area contributed by atoms with Crippen molar-refractivity contribution in [3.8, 4) is 0 Å². The van der Waals surface area contributed by atoms with Crippen molar-refractivity contribution >= 4 is 11.3 Å². The number of aromatic nitrogens is 1. The summed E-state index contributed by atoms with van der Waals surface area (Å²) >= 11 is 1.79. The van der Waals surface area contributed by atoms with Crippen LogP contribution in [0.2, 0.25) is 0 Å². The van der Waals surface area contributed by atoms with Crippen LogP contribution in [0.15, 0.2) is 5.38 Å². The van der Waals surface area contributed by atoms with Crippen molar-refractivity contribution in [1.82, 2.24) is 10.3 Å². The fourth-order valence-electron chi connectivity index (χ4n) is 4.05. The quantitative estimate of drug-likeness (QED) is 0.856. The summed E-state index contributed by atoms with van der Waals surface area (Å²) in [5.74, 6) is 3.00. The van der Waals surface area contributed by atoms with E-state index in [2.05, 4.69) is 29.5 Å². The highest BCUT2D eigenvalue weighted by Gasteiger charge is 2.53. The van der Waals surface area contributed by atoms with E-state index in [9.17, 15) is 0 Å².